The molecule has 2 fully saturated rings. The van der Waals surface area contributed by atoms with Crippen LogP contribution in [0.5, 0.6) is 0 Å². The molecule has 3 unspecified atom stereocenters. The van der Waals surface area contributed by atoms with Gasteiger partial charge in [-0.2, -0.15) is 0 Å². The van der Waals surface area contributed by atoms with E-state index in [0.29, 0.717) is 6.54 Å². The van der Waals surface area contributed by atoms with Crippen LogP contribution in [0.1, 0.15) is 31.2 Å². The highest BCUT2D eigenvalue weighted by Crippen LogP contribution is 2.49. The lowest BCUT2D eigenvalue weighted by Gasteiger charge is -2.22. The zero-order valence-corrected chi connectivity index (χ0v) is 11.4. The highest BCUT2D eigenvalue weighted by Gasteiger charge is 2.39. The Kier molecular flexibility index (Phi) is 2.66. The van der Waals surface area contributed by atoms with Crippen LogP contribution in [0.4, 0.5) is 0 Å². The Bertz CT molecular complexity index is 598. The molecular formula is C17H22N2. The van der Waals surface area contributed by atoms with Crippen LogP contribution in [0, 0.1) is 17.8 Å². The molecule has 100 valence electrons. The van der Waals surface area contributed by atoms with Crippen molar-refractivity contribution in [2.45, 2.75) is 38.8 Å². The van der Waals surface area contributed by atoms with Crippen molar-refractivity contribution in [2.24, 2.45) is 23.5 Å². The van der Waals surface area contributed by atoms with Gasteiger partial charge in [-0.1, -0.05) is 18.6 Å². The molecule has 2 bridgehead atoms. The number of nitrogens with two attached hydrogens (primary N) is 1. The topological polar surface area (TPSA) is 30.9 Å². The Labute approximate surface area is 114 Å². The van der Waals surface area contributed by atoms with Crippen molar-refractivity contribution in [3.8, 4) is 0 Å². The van der Waals surface area contributed by atoms with E-state index in [9.17, 15) is 0 Å². The monoisotopic (exact) mass is 254 g/mol. The lowest BCUT2D eigenvalue weighted by Crippen LogP contribution is -2.16. The summed E-state index contributed by atoms with van der Waals surface area (Å²) in [6.07, 6.45) is 8.18. The van der Waals surface area contributed by atoms with E-state index in [1.54, 1.807) is 0 Å². The first-order valence-electron chi connectivity index (χ1n) is 7.61. The van der Waals surface area contributed by atoms with Gasteiger partial charge in [0, 0.05) is 24.8 Å². The Balaban J connectivity index is 1.63. The number of benzene rings is 1. The summed E-state index contributed by atoms with van der Waals surface area (Å²) in [6.45, 7) is 1.84. The average Bonchev–Trinajstić information content (AvgIpc) is 3.14. The predicted molar refractivity (Wildman–Crippen MR) is 78.8 cm³/mol. The molecule has 2 aliphatic carbocycles. The summed E-state index contributed by atoms with van der Waals surface area (Å²) < 4.78 is 2.46. The van der Waals surface area contributed by atoms with Gasteiger partial charge in [-0.25, -0.2) is 0 Å². The molecule has 1 aromatic heterocycles. The molecule has 2 nitrogen and oxygen atoms in total. The van der Waals surface area contributed by atoms with E-state index >= 15 is 0 Å². The van der Waals surface area contributed by atoms with E-state index in [0.717, 1.165) is 17.8 Å². The highest BCUT2D eigenvalue weighted by molar-refractivity contribution is 5.80. The van der Waals surface area contributed by atoms with Crippen LogP contribution in [-0.4, -0.2) is 4.57 Å². The third-order valence-electron chi connectivity index (χ3n) is 5.39. The number of fused-ring (bicyclic) bond motifs is 3. The second kappa shape index (κ2) is 4.38. The zero-order valence-electron chi connectivity index (χ0n) is 11.4. The first-order chi connectivity index (χ1) is 9.33. The van der Waals surface area contributed by atoms with Gasteiger partial charge >= 0.3 is 0 Å². The molecule has 2 heteroatoms. The fourth-order valence-corrected chi connectivity index (χ4v) is 4.37. The Morgan fingerprint density at radius 3 is 2.84 bits per heavy atom. The van der Waals surface area contributed by atoms with Gasteiger partial charge in [-0.15, -0.1) is 0 Å². The molecule has 4 rings (SSSR count). The summed E-state index contributed by atoms with van der Waals surface area (Å²) in [7, 11) is 0. The van der Waals surface area contributed by atoms with Crippen LogP contribution in [0.2, 0.25) is 0 Å². The van der Waals surface area contributed by atoms with Crippen LogP contribution < -0.4 is 5.73 Å². The number of hydrogen-bond acceptors (Lipinski definition) is 1. The zero-order chi connectivity index (χ0) is 12.8. The van der Waals surface area contributed by atoms with E-state index in [1.165, 1.54) is 48.7 Å². The van der Waals surface area contributed by atoms with Gasteiger partial charge in [0.2, 0.25) is 0 Å². The van der Waals surface area contributed by atoms with Gasteiger partial charge in [0.1, 0.15) is 0 Å². The molecule has 2 N–H and O–H groups in total. The second-order valence-corrected chi connectivity index (χ2v) is 6.50. The number of hydrogen-bond donors (Lipinski definition) is 1. The van der Waals surface area contributed by atoms with Crippen molar-refractivity contribution < 1.29 is 0 Å². The summed E-state index contributed by atoms with van der Waals surface area (Å²) in [5.74, 6) is 2.95. The molecule has 1 heterocycles. The summed E-state index contributed by atoms with van der Waals surface area (Å²) in [6, 6.07) is 8.85. The maximum absolute atomic E-state index is 5.76. The molecule has 2 saturated carbocycles. The molecule has 0 amide bonds. The number of aromatic nitrogens is 1. The standard InChI is InChI=1S/C17H22N2/c18-10-13-2-3-14-5-6-19(17(14)9-13)11-16-8-12-1-4-15(16)7-12/h2-3,5-6,9,12,15-16H,1,4,7-8,10-11,18H2. The van der Waals surface area contributed by atoms with E-state index in [1.807, 2.05) is 0 Å². The van der Waals surface area contributed by atoms with Gasteiger partial charge in [-0.3, -0.25) is 0 Å². The van der Waals surface area contributed by atoms with Crippen molar-refractivity contribution in [3.05, 3.63) is 36.0 Å². The van der Waals surface area contributed by atoms with Crippen LogP contribution in [0.25, 0.3) is 10.9 Å². The summed E-state index contributed by atoms with van der Waals surface area (Å²) in [4.78, 5) is 0. The van der Waals surface area contributed by atoms with Crippen molar-refractivity contribution in [3.63, 3.8) is 0 Å². The molecule has 0 radical (unpaired) electrons. The van der Waals surface area contributed by atoms with Crippen molar-refractivity contribution in [1.29, 1.82) is 0 Å². The van der Waals surface area contributed by atoms with Gasteiger partial charge in [0.25, 0.3) is 0 Å². The Morgan fingerprint density at radius 1 is 1.16 bits per heavy atom. The first-order valence-corrected chi connectivity index (χ1v) is 7.61. The van der Waals surface area contributed by atoms with E-state index in [-0.39, 0.29) is 0 Å². The maximum atomic E-state index is 5.76. The molecule has 0 aliphatic heterocycles. The predicted octanol–water partition coefficient (Wildman–Crippen LogP) is 3.54. The minimum Gasteiger partial charge on any atom is -0.347 e. The average molecular weight is 254 g/mol. The molecule has 19 heavy (non-hydrogen) atoms. The minimum atomic E-state index is 0.634. The second-order valence-electron chi connectivity index (χ2n) is 6.50. The quantitative estimate of drug-likeness (QED) is 0.892. The van der Waals surface area contributed by atoms with Crippen LogP contribution in [-0.2, 0) is 13.1 Å². The molecule has 3 atom stereocenters. The largest absolute Gasteiger partial charge is 0.347 e. The summed E-state index contributed by atoms with van der Waals surface area (Å²) in [5.41, 5.74) is 8.37. The maximum Gasteiger partial charge on any atom is 0.0483 e. The SMILES string of the molecule is NCc1ccc2ccn(CC3CC4CCC3C4)c2c1. The van der Waals surface area contributed by atoms with Crippen molar-refractivity contribution in [2.75, 3.05) is 0 Å². The Hall–Kier alpha value is -1.28. The Morgan fingerprint density at radius 2 is 2.11 bits per heavy atom. The smallest absolute Gasteiger partial charge is 0.0483 e. The van der Waals surface area contributed by atoms with Gasteiger partial charge in [0.15, 0.2) is 0 Å². The summed E-state index contributed by atoms with van der Waals surface area (Å²) in [5, 5.41) is 1.35. The molecular weight excluding hydrogens is 232 g/mol. The lowest BCUT2D eigenvalue weighted by atomic mass is 9.89. The molecule has 0 spiro atoms. The van der Waals surface area contributed by atoms with Gasteiger partial charge < -0.3 is 10.3 Å². The van der Waals surface area contributed by atoms with Crippen molar-refractivity contribution >= 4 is 10.9 Å². The molecule has 2 aliphatic rings. The van der Waals surface area contributed by atoms with E-state index in [4.69, 9.17) is 5.73 Å². The lowest BCUT2D eigenvalue weighted by molar-refractivity contribution is 0.299. The molecule has 2 aromatic rings. The third kappa shape index (κ3) is 1.90. The fraction of sp³-hybridized carbons (Fsp3) is 0.529. The van der Waals surface area contributed by atoms with Gasteiger partial charge in [-0.05, 0) is 60.1 Å². The fourth-order valence-electron chi connectivity index (χ4n) is 4.37. The minimum absolute atomic E-state index is 0.634. The highest BCUT2D eigenvalue weighted by atomic mass is 15.0. The third-order valence-corrected chi connectivity index (χ3v) is 5.39. The summed E-state index contributed by atoms with van der Waals surface area (Å²) >= 11 is 0. The first kappa shape index (κ1) is 11.5. The van der Waals surface area contributed by atoms with Crippen LogP contribution in [0.3, 0.4) is 0 Å². The molecule has 1 aromatic carbocycles. The number of rotatable bonds is 3. The molecule has 0 saturated heterocycles. The normalized spacial score (nSPS) is 29.4. The van der Waals surface area contributed by atoms with Crippen LogP contribution in [0.15, 0.2) is 30.5 Å². The van der Waals surface area contributed by atoms with E-state index in [2.05, 4.69) is 35.0 Å². The van der Waals surface area contributed by atoms with Crippen LogP contribution >= 0.6 is 0 Å². The number of nitrogens with zero attached hydrogens (tertiary/aromatic N) is 1. The van der Waals surface area contributed by atoms with Gasteiger partial charge in [0.05, 0.1) is 0 Å². The van der Waals surface area contributed by atoms with E-state index < -0.39 is 0 Å². The van der Waals surface area contributed by atoms with Crippen molar-refractivity contribution in [1.82, 2.24) is 4.57 Å².